The quantitative estimate of drug-likeness (QED) is 0.129. The van der Waals surface area contributed by atoms with Crippen LogP contribution in [0.3, 0.4) is 0 Å². The van der Waals surface area contributed by atoms with Crippen molar-refractivity contribution in [2.45, 2.75) is 84.0 Å². The number of benzene rings is 2. The van der Waals surface area contributed by atoms with Gasteiger partial charge in [-0.2, -0.15) is 0 Å². The van der Waals surface area contributed by atoms with Gasteiger partial charge in [0, 0.05) is 6.42 Å². The second-order valence-electron chi connectivity index (χ2n) is 9.89. The first-order valence-electron chi connectivity index (χ1n) is 13.2. The van der Waals surface area contributed by atoms with Gasteiger partial charge in [0.2, 0.25) is 0 Å². The molecule has 0 unspecified atom stereocenters. The van der Waals surface area contributed by atoms with Crippen LogP contribution in [0.5, 0.6) is 11.5 Å². The number of rotatable bonds is 13. The van der Waals surface area contributed by atoms with Crippen LogP contribution >= 0.6 is 0 Å². The molecule has 2 aromatic carbocycles. The molecule has 0 amide bonds. The zero-order chi connectivity index (χ0) is 25.0. The van der Waals surface area contributed by atoms with E-state index in [1.807, 2.05) is 36.4 Å². The molecule has 0 atom stereocenters. The molecule has 4 heteroatoms. The number of carbonyl (C=O) groups is 2. The number of Topliss-reactive ketones (excluding diaryl/α,β-unsaturated/α-hetero) is 1. The second kappa shape index (κ2) is 13.9. The highest BCUT2D eigenvalue weighted by atomic mass is 16.5. The first-order chi connectivity index (χ1) is 16.9. The minimum atomic E-state index is -0.238. The number of hydrogen-bond acceptors (Lipinski definition) is 4. The van der Waals surface area contributed by atoms with Gasteiger partial charge < -0.3 is 9.47 Å². The van der Waals surface area contributed by atoms with Crippen LogP contribution in [-0.4, -0.2) is 18.4 Å². The zero-order valence-electron chi connectivity index (χ0n) is 21.4. The summed E-state index contributed by atoms with van der Waals surface area (Å²) in [6.45, 7) is 7.54. The second-order valence-corrected chi connectivity index (χ2v) is 9.89. The Morgan fingerprint density at radius 3 is 2.20 bits per heavy atom. The van der Waals surface area contributed by atoms with Gasteiger partial charge in [0.1, 0.15) is 11.5 Å². The molecule has 3 rings (SSSR count). The Labute approximate surface area is 210 Å². The molecule has 0 radical (unpaired) electrons. The van der Waals surface area contributed by atoms with Crippen LogP contribution in [-0.2, 0) is 16.0 Å². The van der Waals surface area contributed by atoms with Crippen LogP contribution in [0.15, 0.2) is 60.7 Å². The van der Waals surface area contributed by atoms with Gasteiger partial charge in [0.25, 0.3) is 0 Å². The summed E-state index contributed by atoms with van der Waals surface area (Å²) >= 11 is 0. The van der Waals surface area contributed by atoms with Gasteiger partial charge >= 0.3 is 5.97 Å². The molecule has 0 spiro atoms. The van der Waals surface area contributed by atoms with Gasteiger partial charge in [0.05, 0.1) is 0 Å². The summed E-state index contributed by atoms with van der Waals surface area (Å²) in [4.78, 5) is 23.9. The minimum Gasteiger partial charge on any atom is -0.485 e. The summed E-state index contributed by atoms with van der Waals surface area (Å²) in [6, 6.07) is 15.5. The Balaban J connectivity index is 1.38. The lowest BCUT2D eigenvalue weighted by Gasteiger charge is -2.29. The molecule has 0 heterocycles. The molecule has 35 heavy (non-hydrogen) atoms. The third-order valence-corrected chi connectivity index (χ3v) is 7.03. The van der Waals surface area contributed by atoms with Gasteiger partial charge in [-0.05, 0) is 91.8 Å². The van der Waals surface area contributed by atoms with E-state index in [0.717, 1.165) is 11.5 Å². The summed E-state index contributed by atoms with van der Waals surface area (Å²) in [5.41, 5.74) is 2.86. The van der Waals surface area contributed by atoms with Crippen LogP contribution in [0.25, 0.3) is 0 Å². The number of carbonyl (C=O) groups excluding carboxylic acids is 2. The van der Waals surface area contributed by atoms with E-state index >= 15 is 0 Å². The number of ketones is 1. The molecular formula is C31H40O4. The molecule has 0 bridgehead atoms. The van der Waals surface area contributed by atoms with Gasteiger partial charge in [-0.15, -0.1) is 0 Å². The molecule has 4 nitrogen and oxygen atoms in total. The Kier molecular flexibility index (Phi) is 10.6. The van der Waals surface area contributed by atoms with Crippen LogP contribution in [0, 0.1) is 5.92 Å². The highest BCUT2D eigenvalue weighted by Gasteiger charge is 2.22. The summed E-state index contributed by atoms with van der Waals surface area (Å²) < 4.78 is 11.0. The van der Waals surface area contributed by atoms with Crippen molar-refractivity contribution < 1.29 is 19.1 Å². The highest BCUT2D eigenvalue weighted by Crippen LogP contribution is 2.38. The van der Waals surface area contributed by atoms with Gasteiger partial charge in [0.15, 0.2) is 12.4 Å². The smallest absolute Gasteiger partial charge is 0.311 e. The summed E-state index contributed by atoms with van der Waals surface area (Å²) in [7, 11) is 0. The Morgan fingerprint density at radius 2 is 1.57 bits per heavy atom. The zero-order valence-corrected chi connectivity index (χ0v) is 21.4. The van der Waals surface area contributed by atoms with Crippen molar-refractivity contribution >= 4 is 11.8 Å². The van der Waals surface area contributed by atoms with Gasteiger partial charge in [-0.3, -0.25) is 9.59 Å². The first kappa shape index (κ1) is 26.7. The van der Waals surface area contributed by atoms with Crippen LogP contribution in [0.4, 0.5) is 0 Å². The van der Waals surface area contributed by atoms with Crippen molar-refractivity contribution in [1.29, 1.82) is 0 Å². The summed E-state index contributed by atoms with van der Waals surface area (Å²) in [5, 5.41) is 0. The lowest BCUT2D eigenvalue weighted by molar-refractivity contribution is -0.134. The van der Waals surface area contributed by atoms with Crippen LogP contribution < -0.4 is 9.47 Å². The maximum Gasteiger partial charge on any atom is 0.311 e. The monoisotopic (exact) mass is 476 g/mol. The van der Waals surface area contributed by atoms with E-state index in [1.54, 1.807) is 6.92 Å². The topological polar surface area (TPSA) is 52.6 Å². The number of unbranched alkanes of at least 4 members (excludes halogenated alkanes) is 2. The Bertz CT molecular complexity index is 950. The molecule has 188 valence electrons. The molecule has 1 aliphatic rings. The van der Waals surface area contributed by atoms with E-state index in [1.165, 1.54) is 56.9 Å². The average Bonchev–Trinajstić information content (AvgIpc) is 2.87. The molecule has 0 aromatic heterocycles. The van der Waals surface area contributed by atoms with Crippen molar-refractivity contribution in [2.24, 2.45) is 5.92 Å². The molecule has 0 aliphatic heterocycles. The fourth-order valence-corrected chi connectivity index (χ4v) is 4.73. The van der Waals surface area contributed by atoms with Crippen LogP contribution in [0.1, 0.15) is 88.7 Å². The molecule has 1 fully saturated rings. The maximum absolute atomic E-state index is 12.3. The predicted octanol–water partition coefficient (Wildman–Crippen LogP) is 7.60. The normalized spacial score (nSPS) is 17.5. The summed E-state index contributed by atoms with van der Waals surface area (Å²) in [5.74, 6) is 2.42. The van der Waals surface area contributed by atoms with Crippen LogP contribution in [0.2, 0.25) is 0 Å². The third-order valence-electron chi connectivity index (χ3n) is 7.03. The molecular weight excluding hydrogens is 436 g/mol. The molecule has 0 N–H and O–H groups in total. The lowest BCUT2D eigenvalue weighted by atomic mass is 9.77. The lowest BCUT2D eigenvalue weighted by Crippen LogP contribution is -2.13. The first-order valence-corrected chi connectivity index (χ1v) is 13.2. The highest BCUT2D eigenvalue weighted by molar-refractivity contribution is 5.95. The van der Waals surface area contributed by atoms with Crippen molar-refractivity contribution in [3.63, 3.8) is 0 Å². The third kappa shape index (κ3) is 9.01. The maximum atomic E-state index is 12.3. The van der Waals surface area contributed by atoms with E-state index in [9.17, 15) is 9.59 Å². The minimum absolute atomic E-state index is 0.0138. The van der Waals surface area contributed by atoms with E-state index < -0.39 is 0 Å². The number of ether oxygens (including phenoxy) is 2. The van der Waals surface area contributed by atoms with E-state index in [4.69, 9.17) is 9.47 Å². The Morgan fingerprint density at radius 1 is 0.914 bits per heavy atom. The van der Waals surface area contributed by atoms with E-state index in [-0.39, 0.29) is 18.4 Å². The fourth-order valence-electron chi connectivity index (χ4n) is 4.73. The average molecular weight is 477 g/mol. The van der Waals surface area contributed by atoms with Gasteiger partial charge in [-0.1, -0.05) is 63.5 Å². The Hall–Kier alpha value is -2.88. The van der Waals surface area contributed by atoms with Crippen molar-refractivity contribution in [1.82, 2.24) is 0 Å². The van der Waals surface area contributed by atoms with Crippen molar-refractivity contribution in [3.8, 4) is 11.5 Å². The number of hydrogen-bond donors (Lipinski definition) is 0. The molecule has 1 aliphatic carbocycles. The van der Waals surface area contributed by atoms with E-state index in [0.29, 0.717) is 35.8 Å². The molecule has 2 aromatic rings. The van der Waals surface area contributed by atoms with Gasteiger partial charge in [-0.25, -0.2) is 0 Å². The number of esters is 1. The van der Waals surface area contributed by atoms with E-state index in [2.05, 4.69) is 25.6 Å². The van der Waals surface area contributed by atoms with Crippen molar-refractivity contribution in [3.05, 3.63) is 71.8 Å². The SMILES string of the molecule is C=C(C)C(=O)COc1ccc(CCC(=O)Oc2ccc(C3CCC(CCCCC)CC3)cc2)cc1. The number of aryl methyl sites for hydroxylation is 1. The predicted molar refractivity (Wildman–Crippen MR) is 141 cm³/mol. The standard InChI is InChI=1S/C31H40O4/c1-4-5-6-7-24-8-13-26(14-9-24)27-15-19-29(20-16-27)35-31(33)21-12-25-10-17-28(18-11-25)34-22-30(32)23(2)3/h10-11,15-20,24,26H,2,4-9,12-14,21-22H2,1,3H3. The largest absolute Gasteiger partial charge is 0.485 e. The fraction of sp³-hybridized carbons (Fsp3) is 0.484. The molecule has 1 saturated carbocycles. The molecule has 0 saturated heterocycles. The summed E-state index contributed by atoms with van der Waals surface area (Å²) in [6.07, 6.45) is 11.5. The van der Waals surface area contributed by atoms with Crippen molar-refractivity contribution in [2.75, 3.05) is 6.61 Å².